The monoisotopic (exact) mass is 276 g/mol. The largest absolute Gasteiger partial charge is 0.366 e. The van der Waals surface area contributed by atoms with Crippen LogP contribution in [0.1, 0.15) is 18.9 Å². The number of hydrogen-bond donors (Lipinski definition) is 0. The second-order valence-corrected chi connectivity index (χ2v) is 4.85. The van der Waals surface area contributed by atoms with Gasteiger partial charge in [-0.15, -0.1) is 0 Å². The molecule has 0 spiro atoms. The molecule has 0 aromatic heterocycles. The Hall–Kier alpha value is -1.27. The predicted octanol–water partition coefficient (Wildman–Crippen LogP) is 3.48. The molecule has 3 heteroatoms. The third-order valence-corrected chi connectivity index (χ3v) is 3.54. The summed E-state index contributed by atoms with van der Waals surface area (Å²) in [6.07, 6.45) is 3.31. The summed E-state index contributed by atoms with van der Waals surface area (Å²) in [6.45, 7) is 4.05. The van der Waals surface area contributed by atoms with Crippen molar-refractivity contribution >= 4 is 21.6 Å². The van der Waals surface area contributed by atoms with Gasteiger partial charge >= 0.3 is 0 Å². The summed E-state index contributed by atoms with van der Waals surface area (Å²) in [7, 11) is 0. The fourth-order valence-electron chi connectivity index (χ4n) is 1.88. The van der Waals surface area contributed by atoms with E-state index in [2.05, 4.69) is 39.9 Å². The maximum atomic E-state index is 9.16. The van der Waals surface area contributed by atoms with E-state index < -0.39 is 0 Å². The topological polar surface area (TPSA) is 27.0 Å². The van der Waals surface area contributed by atoms with E-state index in [4.69, 9.17) is 5.26 Å². The van der Waals surface area contributed by atoms with Gasteiger partial charge in [-0.3, -0.25) is 0 Å². The molecular weight excluding hydrogens is 264 g/mol. The van der Waals surface area contributed by atoms with Crippen LogP contribution in [0, 0.1) is 11.3 Å². The maximum absolute atomic E-state index is 9.16. The van der Waals surface area contributed by atoms with Gasteiger partial charge in [0.25, 0.3) is 0 Å². The number of rotatable bonds is 1. The summed E-state index contributed by atoms with van der Waals surface area (Å²) in [5.41, 5.74) is 3.20. The average molecular weight is 277 g/mol. The standard InChI is InChI=1S/C13H13BrN2/c1-10-5-7-16(8-6-10)13-4-2-3-12(14)11(13)9-15/h2-5H,6-8H2,1H3. The first-order valence-electron chi connectivity index (χ1n) is 5.31. The molecule has 1 aromatic carbocycles. The molecule has 82 valence electrons. The van der Waals surface area contributed by atoms with Crippen molar-refractivity contribution in [3.05, 3.63) is 39.9 Å². The Morgan fingerprint density at radius 2 is 2.25 bits per heavy atom. The van der Waals surface area contributed by atoms with Crippen molar-refractivity contribution in [2.75, 3.05) is 18.0 Å². The first kappa shape index (κ1) is 11.2. The third-order valence-electron chi connectivity index (χ3n) is 2.88. The van der Waals surface area contributed by atoms with Gasteiger partial charge in [0.05, 0.1) is 11.3 Å². The van der Waals surface area contributed by atoms with E-state index in [0.29, 0.717) is 0 Å². The Balaban J connectivity index is 2.35. The third kappa shape index (κ3) is 2.12. The van der Waals surface area contributed by atoms with Crippen LogP contribution in [0.2, 0.25) is 0 Å². The Labute approximate surface area is 104 Å². The van der Waals surface area contributed by atoms with Gasteiger partial charge in [-0.2, -0.15) is 5.26 Å². The van der Waals surface area contributed by atoms with Crippen molar-refractivity contribution < 1.29 is 0 Å². The number of hydrogen-bond acceptors (Lipinski definition) is 2. The fourth-order valence-corrected chi connectivity index (χ4v) is 2.32. The first-order valence-corrected chi connectivity index (χ1v) is 6.11. The van der Waals surface area contributed by atoms with Crippen molar-refractivity contribution in [3.8, 4) is 6.07 Å². The molecule has 0 atom stereocenters. The van der Waals surface area contributed by atoms with Gasteiger partial charge in [-0.1, -0.05) is 17.7 Å². The van der Waals surface area contributed by atoms with Crippen LogP contribution in [0.25, 0.3) is 0 Å². The van der Waals surface area contributed by atoms with Crippen LogP contribution in [-0.4, -0.2) is 13.1 Å². The molecule has 0 amide bonds. The molecule has 16 heavy (non-hydrogen) atoms. The molecule has 0 N–H and O–H groups in total. The molecule has 0 saturated heterocycles. The molecule has 0 bridgehead atoms. The van der Waals surface area contributed by atoms with Crippen LogP contribution >= 0.6 is 15.9 Å². The highest BCUT2D eigenvalue weighted by molar-refractivity contribution is 9.10. The lowest BCUT2D eigenvalue weighted by atomic mass is 10.1. The van der Waals surface area contributed by atoms with Gasteiger partial charge in [0.15, 0.2) is 0 Å². The molecule has 2 rings (SSSR count). The summed E-state index contributed by atoms with van der Waals surface area (Å²) in [4.78, 5) is 2.25. The predicted molar refractivity (Wildman–Crippen MR) is 69.4 cm³/mol. The number of nitrogens with zero attached hydrogens (tertiary/aromatic N) is 2. The van der Waals surface area contributed by atoms with Crippen molar-refractivity contribution in [2.45, 2.75) is 13.3 Å². The van der Waals surface area contributed by atoms with Crippen LogP contribution in [0.5, 0.6) is 0 Å². The molecule has 2 nitrogen and oxygen atoms in total. The summed E-state index contributed by atoms with van der Waals surface area (Å²) in [6, 6.07) is 8.16. The molecular formula is C13H13BrN2. The van der Waals surface area contributed by atoms with E-state index in [-0.39, 0.29) is 0 Å². The Morgan fingerprint density at radius 3 is 2.88 bits per heavy atom. The maximum Gasteiger partial charge on any atom is 0.103 e. The van der Waals surface area contributed by atoms with E-state index in [9.17, 15) is 0 Å². The molecule has 1 heterocycles. The summed E-state index contributed by atoms with van der Waals surface area (Å²) >= 11 is 3.42. The highest BCUT2D eigenvalue weighted by Gasteiger charge is 2.15. The number of nitriles is 1. The van der Waals surface area contributed by atoms with Gasteiger partial charge in [-0.05, 0) is 41.4 Å². The van der Waals surface area contributed by atoms with Crippen LogP contribution < -0.4 is 4.90 Å². The van der Waals surface area contributed by atoms with Gasteiger partial charge in [0.1, 0.15) is 6.07 Å². The average Bonchev–Trinajstić information content (AvgIpc) is 2.30. The summed E-state index contributed by atoms with van der Waals surface area (Å²) in [5, 5.41) is 9.16. The second-order valence-electron chi connectivity index (χ2n) is 3.99. The van der Waals surface area contributed by atoms with E-state index in [1.54, 1.807) is 0 Å². The molecule has 0 saturated carbocycles. The van der Waals surface area contributed by atoms with Gasteiger partial charge in [0, 0.05) is 17.6 Å². The van der Waals surface area contributed by atoms with Crippen molar-refractivity contribution in [1.82, 2.24) is 0 Å². The fraction of sp³-hybridized carbons (Fsp3) is 0.308. The molecule has 1 aromatic rings. The minimum absolute atomic E-state index is 0.732. The van der Waals surface area contributed by atoms with Crippen LogP contribution in [-0.2, 0) is 0 Å². The van der Waals surface area contributed by atoms with E-state index in [0.717, 1.165) is 35.2 Å². The Bertz CT molecular complexity index is 471. The molecule has 0 aliphatic carbocycles. The smallest absolute Gasteiger partial charge is 0.103 e. The van der Waals surface area contributed by atoms with Crippen molar-refractivity contribution in [3.63, 3.8) is 0 Å². The Morgan fingerprint density at radius 1 is 1.44 bits per heavy atom. The lowest BCUT2D eigenvalue weighted by Gasteiger charge is -2.28. The van der Waals surface area contributed by atoms with Gasteiger partial charge < -0.3 is 4.90 Å². The minimum Gasteiger partial charge on any atom is -0.366 e. The van der Waals surface area contributed by atoms with Gasteiger partial charge in [0.2, 0.25) is 0 Å². The quantitative estimate of drug-likeness (QED) is 0.735. The van der Waals surface area contributed by atoms with E-state index >= 15 is 0 Å². The van der Waals surface area contributed by atoms with Crippen molar-refractivity contribution in [2.24, 2.45) is 0 Å². The number of halogens is 1. The highest BCUT2D eigenvalue weighted by atomic mass is 79.9. The van der Waals surface area contributed by atoms with Gasteiger partial charge in [-0.25, -0.2) is 0 Å². The summed E-state index contributed by atoms with van der Waals surface area (Å²) < 4.78 is 0.874. The zero-order valence-electron chi connectivity index (χ0n) is 9.20. The van der Waals surface area contributed by atoms with Crippen molar-refractivity contribution in [1.29, 1.82) is 5.26 Å². The molecule has 1 aliphatic rings. The molecule has 0 unspecified atom stereocenters. The SMILES string of the molecule is CC1=CCN(c2cccc(Br)c2C#N)CC1. The van der Waals surface area contributed by atoms with Crippen LogP contribution in [0.4, 0.5) is 5.69 Å². The highest BCUT2D eigenvalue weighted by Crippen LogP contribution is 2.28. The zero-order chi connectivity index (χ0) is 11.5. The van der Waals surface area contributed by atoms with E-state index in [1.807, 2.05) is 18.2 Å². The molecule has 0 fully saturated rings. The zero-order valence-corrected chi connectivity index (χ0v) is 10.8. The lowest BCUT2D eigenvalue weighted by Crippen LogP contribution is -2.28. The number of anilines is 1. The minimum atomic E-state index is 0.732. The molecule has 1 aliphatic heterocycles. The van der Waals surface area contributed by atoms with E-state index in [1.165, 1.54) is 5.57 Å². The summed E-state index contributed by atoms with van der Waals surface area (Å²) in [5.74, 6) is 0. The molecule has 0 radical (unpaired) electrons. The Kier molecular flexibility index (Phi) is 3.31. The van der Waals surface area contributed by atoms with Crippen LogP contribution in [0.3, 0.4) is 0 Å². The van der Waals surface area contributed by atoms with Crippen LogP contribution in [0.15, 0.2) is 34.3 Å². The second kappa shape index (κ2) is 4.71. The number of benzene rings is 1. The first-order chi connectivity index (χ1) is 7.72. The normalized spacial score (nSPS) is 15.6. The lowest BCUT2D eigenvalue weighted by molar-refractivity contribution is 0.786.